The molecule has 3 atom stereocenters. The number of carbonyl (C=O) groups is 1. The van der Waals surface area contributed by atoms with E-state index in [1.54, 1.807) is 0 Å². The molecular formula is C16H22N2O2. The Kier molecular flexibility index (Phi) is 3.92. The van der Waals surface area contributed by atoms with Crippen LogP contribution in [0, 0.1) is 5.92 Å². The molecule has 0 aromatic heterocycles. The van der Waals surface area contributed by atoms with Crippen molar-refractivity contribution in [2.75, 3.05) is 13.2 Å². The fourth-order valence-electron chi connectivity index (χ4n) is 3.51. The summed E-state index contributed by atoms with van der Waals surface area (Å²) in [4.78, 5) is 11.6. The summed E-state index contributed by atoms with van der Waals surface area (Å²) in [7, 11) is 0. The number of benzene rings is 1. The summed E-state index contributed by atoms with van der Waals surface area (Å²) in [6, 6.07) is 8.44. The van der Waals surface area contributed by atoms with E-state index >= 15 is 0 Å². The van der Waals surface area contributed by atoms with Gasteiger partial charge in [0.1, 0.15) is 5.75 Å². The van der Waals surface area contributed by atoms with Crippen LogP contribution in [-0.4, -0.2) is 25.1 Å². The molecule has 3 rings (SSSR count). The van der Waals surface area contributed by atoms with Crippen molar-refractivity contribution in [1.29, 1.82) is 0 Å². The third-order valence-corrected chi connectivity index (χ3v) is 4.57. The molecule has 0 spiro atoms. The molecule has 2 heterocycles. The predicted octanol–water partition coefficient (Wildman–Crippen LogP) is 1.80. The SMILES string of the molecule is NC(=O)C1CCCNC1CC1CCOc2ccccc21. The zero-order chi connectivity index (χ0) is 13.9. The van der Waals surface area contributed by atoms with Gasteiger partial charge in [-0.25, -0.2) is 0 Å². The van der Waals surface area contributed by atoms with Gasteiger partial charge in [0.05, 0.1) is 12.5 Å². The number of amides is 1. The first-order valence-corrected chi connectivity index (χ1v) is 7.50. The topological polar surface area (TPSA) is 64.4 Å². The van der Waals surface area contributed by atoms with Gasteiger partial charge in [0, 0.05) is 6.04 Å². The lowest BCUT2D eigenvalue weighted by Crippen LogP contribution is -2.47. The molecule has 1 saturated heterocycles. The van der Waals surface area contributed by atoms with Gasteiger partial charge in [-0.1, -0.05) is 18.2 Å². The zero-order valence-corrected chi connectivity index (χ0v) is 11.7. The minimum absolute atomic E-state index is 0.0289. The van der Waals surface area contributed by atoms with Gasteiger partial charge in [0.25, 0.3) is 0 Å². The second kappa shape index (κ2) is 5.83. The Balaban J connectivity index is 1.76. The van der Waals surface area contributed by atoms with E-state index in [1.807, 2.05) is 12.1 Å². The molecule has 1 fully saturated rings. The quantitative estimate of drug-likeness (QED) is 0.883. The van der Waals surface area contributed by atoms with Gasteiger partial charge in [-0.3, -0.25) is 4.79 Å². The molecule has 0 aliphatic carbocycles. The standard InChI is InChI=1S/C16H22N2O2/c17-16(19)13-5-3-8-18-14(13)10-11-7-9-20-15-6-2-1-4-12(11)15/h1-2,4,6,11,13-14,18H,3,5,7-10H2,(H2,17,19). The van der Waals surface area contributed by atoms with Crippen molar-refractivity contribution in [2.45, 2.75) is 37.6 Å². The van der Waals surface area contributed by atoms with Crippen LogP contribution in [0.25, 0.3) is 0 Å². The van der Waals surface area contributed by atoms with Crippen LogP contribution in [0.2, 0.25) is 0 Å². The normalized spacial score (nSPS) is 29.3. The molecule has 0 saturated carbocycles. The number of hydrogen-bond acceptors (Lipinski definition) is 3. The average molecular weight is 274 g/mol. The van der Waals surface area contributed by atoms with E-state index in [9.17, 15) is 4.79 Å². The number of hydrogen-bond donors (Lipinski definition) is 2. The number of rotatable bonds is 3. The van der Waals surface area contributed by atoms with Crippen LogP contribution in [-0.2, 0) is 4.79 Å². The minimum atomic E-state index is -0.164. The van der Waals surface area contributed by atoms with Crippen LogP contribution < -0.4 is 15.8 Å². The summed E-state index contributed by atoms with van der Waals surface area (Å²) in [6.45, 7) is 1.74. The van der Waals surface area contributed by atoms with Crippen LogP contribution in [0.1, 0.15) is 37.2 Å². The highest BCUT2D eigenvalue weighted by Gasteiger charge is 2.32. The number of primary amides is 1. The second-order valence-corrected chi connectivity index (χ2v) is 5.82. The first-order valence-electron chi connectivity index (χ1n) is 7.50. The number of para-hydroxylation sites is 1. The Morgan fingerprint density at radius 1 is 1.35 bits per heavy atom. The fourth-order valence-corrected chi connectivity index (χ4v) is 3.51. The Hall–Kier alpha value is -1.55. The number of piperidine rings is 1. The van der Waals surface area contributed by atoms with Gasteiger partial charge < -0.3 is 15.8 Å². The van der Waals surface area contributed by atoms with E-state index in [0.717, 1.165) is 44.6 Å². The van der Waals surface area contributed by atoms with Gasteiger partial charge in [-0.2, -0.15) is 0 Å². The molecule has 2 aliphatic heterocycles. The maximum atomic E-state index is 11.6. The van der Waals surface area contributed by atoms with Crippen molar-refractivity contribution in [1.82, 2.24) is 5.32 Å². The second-order valence-electron chi connectivity index (χ2n) is 5.82. The lowest BCUT2D eigenvalue weighted by Gasteiger charge is -2.35. The average Bonchev–Trinajstić information content (AvgIpc) is 2.48. The molecule has 1 aromatic carbocycles. The van der Waals surface area contributed by atoms with E-state index in [0.29, 0.717) is 5.92 Å². The molecule has 1 aromatic rings. The number of fused-ring (bicyclic) bond motifs is 1. The number of ether oxygens (including phenoxy) is 1. The van der Waals surface area contributed by atoms with Crippen molar-refractivity contribution in [3.63, 3.8) is 0 Å². The van der Waals surface area contributed by atoms with Crippen molar-refractivity contribution >= 4 is 5.91 Å². The van der Waals surface area contributed by atoms with Gasteiger partial charge in [-0.05, 0) is 49.8 Å². The van der Waals surface area contributed by atoms with Gasteiger partial charge in [0.15, 0.2) is 0 Å². The molecule has 3 unspecified atom stereocenters. The van der Waals surface area contributed by atoms with Crippen LogP contribution in [0.3, 0.4) is 0 Å². The van der Waals surface area contributed by atoms with E-state index < -0.39 is 0 Å². The molecule has 1 amide bonds. The summed E-state index contributed by atoms with van der Waals surface area (Å²) >= 11 is 0. The maximum Gasteiger partial charge on any atom is 0.222 e. The van der Waals surface area contributed by atoms with E-state index in [4.69, 9.17) is 10.5 Å². The molecule has 4 nitrogen and oxygen atoms in total. The first kappa shape index (κ1) is 13.4. The molecule has 0 bridgehead atoms. The van der Waals surface area contributed by atoms with Crippen molar-refractivity contribution in [3.8, 4) is 5.75 Å². The molecule has 3 N–H and O–H groups in total. The minimum Gasteiger partial charge on any atom is -0.493 e. The monoisotopic (exact) mass is 274 g/mol. The molecule has 2 aliphatic rings. The summed E-state index contributed by atoms with van der Waals surface area (Å²) < 4.78 is 5.71. The van der Waals surface area contributed by atoms with Gasteiger partial charge in [-0.15, -0.1) is 0 Å². The third kappa shape index (κ3) is 2.66. The first-order chi connectivity index (χ1) is 9.75. The highest BCUT2D eigenvalue weighted by Crippen LogP contribution is 2.37. The predicted molar refractivity (Wildman–Crippen MR) is 77.6 cm³/mol. The Labute approximate surface area is 119 Å². The smallest absolute Gasteiger partial charge is 0.222 e. The number of nitrogens with one attached hydrogen (secondary N) is 1. The molecule has 4 heteroatoms. The van der Waals surface area contributed by atoms with E-state index in [-0.39, 0.29) is 17.9 Å². The maximum absolute atomic E-state index is 11.6. The molecular weight excluding hydrogens is 252 g/mol. The van der Waals surface area contributed by atoms with Gasteiger partial charge in [0.2, 0.25) is 5.91 Å². The zero-order valence-electron chi connectivity index (χ0n) is 11.7. The Morgan fingerprint density at radius 3 is 3.05 bits per heavy atom. The van der Waals surface area contributed by atoms with Crippen LogP contribution >= 0.6 is 0 Å². The fraction of sp³-hybridized carbons (Fsp3) is 0.562. The van der Waals surface area contributed by atoms with E-state index in [2.05, 4.69) is 17.4 Å². The van der Waals surface area contributed by atoms with E-state index in [1.165, 1.54) is 5.56 Å². The molecule has 20 heavy (non-hydrogen) atoms. The largest absolute Gasteiger partial charge is 0.493 e. The van der Waals surface area contributed by atoms with Crippen molar-refractivity contribution < 1.29 is 9.53 Å². The Morgan fingerprint density at radius 2 is 2.20 bits per heavy atom. The van der Waals surface area contributed by atoms with Crippen LogP contribution in [0.15, 0.2) is 24.3 Å². The number of nitrogens with two attached hydrogens (primary N) is 1. The number of carbonyl (C=O) groups excluding carboxylic acids is 1. The van der Waals surface area contributed by atoms with Crippen LogP contribution in [0.4, 0.5) is 0 Å². The highest BCUT2D eigenvalue weighted by atomic mass is 16.5. The summed E-state index contributed by atoms with van der Waals surface area (Å²) in [6.07, 6.45) is 3.93. The lowest BCUT2D eigenvalue weighted by atomic mass is 9.80. The summed E-state index contributed by atoms with van der Waals surface area (Å²) in [5.74, 6) is 1.26. The van der Waals surface area contributed by atoms with Gasteiger partial charge >= 0.3 is 0 Å². The molecule has 0 radical (unpaired) electrons. The lowest BCUT2D eigenvalue weighted by molar-refractivity contribution is -0.123. The summed E-state index contributed by atoms with van der Waals surface area (Å²) in [5, 5.41) is 3.49. The molecule has 108 valence electrons. The Bertz CT molecular complexity index is 489. The highest BCUT2D eigenvalue weighted by molar-refractivity contribution is 5.77. The van der Waals surface area contributed by atoms with Crippen molar-refractivity contribution in [2.24, 2.45) is 11.7 Å². The van der Waals surface area contributed by atoms with Crippen molar-refractivity contribution in [3.05, 3.63) is 29.8 Å². The summed E-state index contributed by atoms with van der Waals surface area (Å²) in [5.41, 5.74) is 6.83. The van der Waals surface area contributed by atoms with Crippen LogP contribution in [0.5, 0.6) is 5.75 Å². The third-order valence-electron chi connectivity index (χ3n) is 4.57.